The van der Waals surface area contributed by atoms with E-state index in [1.165, 1.54) is 124 Å². The van der Waals surface area contributed by atoms with E-state index in [0.717, 1.165) is 98.9 Å². The van der Waals surface area contributed by atoms with E-state index in [9.17, 15) is 0 Å². The van der Waals surface area contributed by atoms with Gasteiger partial charge in [0, 0.05) is 108 Å². The number of para-hydroxylation sites is 8. The van der Waals surface area contributed by atoms with Gasteiger partial charge in [0.1, 0.15) is 0 Å². The van der Waals surface area contributed by atoms with E-state index < -0.39 is 0 Å². The van der Waals surface area contributed by atoms with Crippen LogP contribution in [0.25, 0.3) is 229 Å². The largest absolute Gasteiger partial charge is 0.309 e. The first-order valence-electron chi connectivity index (χ1n) is 40.6. The van der Waals surface area contributed by atoms with E-state index in [4.69, 9.17) is 19.9 Å². The molecule has 560 valence electrons. The van der Waals surface area contributed by atoms with E-state index >= 15 is 0 Å². The first-order valence-corrected chi connectivity index (χ1v) is 42.2. The Hall–Kier alpha value is -15.5. The predicted molar refractivity (Wildman–Crippen MR) is 505 cm³/mol. The van der Waals surface area contributed by atoms with Crippen LogP contribution in [0.2, 0.25) is 0 Å². The van der Waals surface area contributed by atoms with Crippen LogP contribution in [0.5, 0.6) is 0 Å². The van der Waals surface area contributed by atoms with E-state index in [-0.39, 0.29) is 0 Å². The molecule has 0 aliphatic heterocycles. The number of hydrogen-bond donors (Lipinski definition) is 0. The summed E-state index contributed by atoms with van der Waals surface area (Å²) in [6.07, 6.45) is 0. The van der Waals surface area contributed by atoms with Crippen LogP contribution in [-0.2, 0) is 0 Å². The zero-order chi connectivity index (χ0) is 78.9. The Bertz CT molecular complexity index is 8310. The highest BCUT2D eigenvalue weighted by molar-refractivity contribution is 7.27. The van der Waals surface area contributed by atoms with Gasteiger partial charge in [-0.05, 0) is 155 Å². The number of nitrogens with zero attached hydrogens (tertiary/aromatic N) is 8. The van der Waals surface area contributed by atoms with Gasteiger partial charge in [-0.2, -0.15) is 0 Å². The second kappa shape index (κ2) is 28.2. The highest BCUT2D eigenvalue weighted by Gasteiger charge is 2.25. The molecule has 17 aromatic carbocycles. The maximum Gasteiger partial charge on any atom is 0.160 e. The molecule has 0 unspecified atom stereocenters. The molecule has 0 saturated heterocycles. The van der Waals surface area contributed by atoms with Crippen LogP contribution in [0.3, 0.4) is 0 Å². The van der Waals surface area contributed by atoms with Crippen molar-refractivity contribution in [3.8, 4) is 101 Å². The quantitative estimate of drug-likeness (QED) is 0.129. The fourth-order valence-electron chi connectivity index (χ4n) is 18.5. The topological polar surface area (TPSA) is 71.3 Å². The molecule has 10 heteroatoms. The van der Waals surface area contributed by atoms with Crippen LogP contribution in [0.4, 0.5) is 0 Å². The van der Waals surface area contributed by atoms with Crippen molar-refractivity contribution in [3.05, 3.63) is 413 Å². The Morgan fingerprint density at radius 2 is 0.442 bits per heavy atom. The number of benzene rings is 17. The van der Waals surface area contributed by atoms with Gasteiger partial charge in [-0.15, -0.1) is 22.7 Å². The lowest BCUT2D eigenvalue weighted by molar-refractivity contribution is 1.17. The molecule has 8 aromatic heterocycles. The Labute approximate surface area is 697 Å². The number of aromatic nitrogens is 8. The van der Waals surface area contributed by atoms with Crippen molar-refractivity contribution in [2.24, 2.45) is 0 Å². The molecule has 0 bridgehead atoms. The van der Waals surface area contributed by atoms with Gasteiger partial charge < -0.3 is 18.3 Å². The van der Waals surface area contributed by atoms with Crippen molar-refractivity contribution < 1.29 is 0 Å². The molecule has 0 amide bonds. The third kappa shape index (κ3) is 11.3. The minimum atomic E-state index is 0.711. The standard InChI is InChI=1S/C58H36N4S.C52H32N4S/c1-4-16-37(17-5-1)54-57-55(60-58(59-54)41-31-33-53-49(36-41)46-25-11-13-29-51(46)62(53)43-22-8-3-9-23-43)47-27-15-26-44(56(47)63-57)40-19-14-18-38(34-40)39-30-32-52-48(35-39)45-24-10-12-28-50(45)61(52)42-20-6-2-7-21-42;1-2-15-33(16-3-1)48-51-49(54-52(53-48)35-18-13-20-37(32-35)56-46-29-10-6-23-41(46)42-24-7-11-30-47(42)56)43-26-14-25-38(50(43)57-51)34-17-12-19-36(31-34)55-44-27-8-4-21-39(44)40-22-5-9-28-45(40)55/h1-36H;1-32H. The molecule has 0 atom stereocenters. The maximum atomic E-state index is 5.44. The number of fused-ring (bicyclic) bond motifs is 18. The molecule has 0 saturated carbocycles. The van der Waals surface area contributed by atoms with Crippen molar-refractivity contribution in [2.45, 2.75) is 0 Å². The number of hydrogen-bond acceptors (Lipinski definition) is 6. The summed E-state index contributed by atoms with van der Waals surface area (Å²) in [6.45, 7) is 0. The van der Waals surface area contributed by atoms with Gasteiger partial charge >= 0.3 is 0 Å². The van der Waals surface area contributed by atoms with Gasteiger partial charge in [-0.25, -0.2) is 19.9 Å². The SMILES string of the molecule is c1ccc(-c2nc(-c3ccc4c(c3)c3ccccc3n4-c3ccccc3)nc3c2sc2c(-c4cccc(-c5ccc6c(c5)c5ccccc5n6-c5ccccc5)c4)cccc23)cc1.c1ccc(-c2nc(-c3cccc(-n4c5ccccc5c5ccccc54)c3)nc3c2sc2c(-c4cccc(-n5c6ccccc6c6ccccc65)c4)cccc23)cc1. The first-order chi connectivity index (χ1) is 59.5. The molecule has 0 radical (unpaired) electrons. The Morgan fingerprint density at radius 3 is 0.875 bits per heavy atom. The van der Waals surface area contributed by atoms with Crippen LogP contribution < -0.4 is 0 Å². The lowest BCUT2D eigenvalue weighted by Gasteiger charge is -2.11. The van der Waals surface area contributed by atoms with Gasteiger partial charge in [0.15, 0.2) is 11.6 Å². The average Bonchev–Trinajstić information content (AvgIpc) is 1.48. The molecular weight excluding hydrogens is 1500 g/mol. The molecule has 0 spiro atoms. The van der Waals surface area contributed by atoms with E-state index in [0.29, 0.717) is 5.82 Å². The molecule has 0 N–H and O–H groups in total. The van der Waals surface area contributed by atoms with E-state index in [1.54, 1.807) is 22.7 Å². The van der Waals surface area contributed by atoms with Gasteiger partial charge in [0.05, 0.1) is 76.0 Å². The Kier molecular flexibility index (Phi) is 16.2. The average molecular weight is 1570 g/mol. The van der Waals surface area contributed by atoms with Crippen molar-refractivity contribution in [2.75, 3.05) is 0 Å². The molecule has 8 nitrogen and oxygen atoms in total. The lowest BCUT2D eigenvalue weighted by atomic mass is 9.97. The summed E-state index contributed by atoms with van der Waals surface area (Å²) >= 11 is 3.57. The fraction of sp³-hybridized carbons (Fsp3) is 0. The van der Waals surface area contributed by atoms with Crippen LogP contribution in [-0.4, -0.2) is 38.2 Å². The Balaban J connectivity index is 0.000000137. The highest BCUT2D eigenvalue weighted by atomic mass is 32.1. The molecule has 25 aromatic rings. The van der Waals surface area contributed by atoms with Gasteiger partial charge in [0.25, 0.3) is 0 Å². The minimum absolute atomic E-state index is 0.711. The number of thiophene rings is 2. The zero-order valence-corrected chi connectivity index (χ0v) is 66.3. The minimum Gasteiger partial charge on any atom is -0.309 e. The number of rotatable bonds is 11. The molecule has 25 rings (SSSR count). The summed E-state index contributed by atoms with van der Waals surface area (Å²) in [6, 6.07) is 148. The van der Waals surface area contributed by atoms with Crippen LogP contribution in [0.15, 0.2) is 413 Å². The summed E-state index contributed by atoms with van der Waals surface area (Å²) in [4.78, 5) is 21.6. The van der Waals surface area contributed by atoms with Crippen molar-refractivity contribution in [3.63, 3.8) is 0 Å². The van der Waals surface area contributed by atoms with E-state index in [1.807, 2.05) is 0 Å². The summed E-state index contributed by atoms with van der Waals surface area (Å²) in [7, 11) is 0. The Morgan fingerprint density at radius 1 is 0.167 bits per heavy atom. The second-order valence-corrected chi connectivity index (χ2v) is 32.7. The van der Waals surface area contributed by atoms with Gasteiger partial charge in [0.2, 0.25) is 0 Å². The summed E-state index contributed by atoms with van der Waals surface area (Å²) in [5.41, 5.74) is 29.1. The molecule has 0 aliphatic carbocycles. The fourth-order valence-corrected chi connectivity index (χ4v) is 21.0. The third-order valence-electron chi connectivity index (χ3n) is 23.9. The van der Waals surface area contributed by atoms with Crippen molar-refractivity contribution >= 4 is 151 Å². The monoisotopic (exact) mass is 1560 g/mol. The van der Waals surface area contributed by atoms with Gasteiger partial charge in [-0.3, -0.25) is 0 Å². The normalized spacial score (nSPS) is 11.8. The van der Waals surface area contributed by atoms with Crippen molar-refractivity contribution in [1.29, 1.82) is 0 Å². The first kappa shape index (κ1) is 68.9. The lowest BCUT2D eigenvalue weighted by Crippen LogP contribution is -1.97. The summed E-state index contributed by atoms with van der Waals surface area (Å²) in [5.74, 6) is 1.43. The van der Waals surface area contributed by atoms with Crippen molar-refractivity contribution in [1.82, 2.24) is 38.2 Å². The maximum absolute atomic E-state index is 5.44. The van der Waals surface area contributed by atoms with Crippen LogP contribution >= 0.6 is 22.7 Å². The smallest absolute Gasteiger partial charge is 0.160 e. The molecule has 0 fully saturated rings. The molecular formula is C110H68N8S2. The summed E-state index contributed by atoms with van der Waals surface area (Å²) < 4.78 is 14.0. The van der Waals surface area contributed by atoms with E-state index in [2.05, 4.69) is 431 Å². The highest BCUT2D eigenvalue weighted by Crippen LogP contribution is 2.48. The van der Waals surface area contributed by atoms with Gasteiger partial charge in [-0.1, -0.05) is 291 Å². The third-order valence-corrected chi connectivity index (χ3v) is 26.3. The zero-order valence-electron chi connectivity index (χ0n) is 64.7. The molecule has 120 heavy (non-hydrogen) atoms. The molecule has 8 heterocycles. The predicted octanol–water partition coefficient (Wildman–Crippen LogP) is 29.7. The molecule has 0 aliphatic rings. The van der Waals surface area contributed by atoms with Crippen LogP contribution in [0, 0.1) is 0 Å². The summed E-state index contributed by atoms with van der Waals surface area (Å²) in [5, 5.41) is 12.1. The second-order valence-electron chi connectivity index (χ2n) is 30.7. The van der Waals surface area contributed by atoms with Crippen LogP contribution in [0.1, 0.15) is 0 Å².